The lowest BCUT2D eigenvalue weighted by atomic mass is 9.92. The minimum atomic E-state index is -4.26. The Labute approximate surface area is 243 Å². The Morgan fingerprint density at radius 1 is 1.07 bits per heavy atom. The topological polar surface area (TPSA) is 87.3 Å². The average molecular weight is 606 g/mol. The number of nitrogens with one attached hydrogen (secondary N) is 2. The molecule has 40 heavy (non-hydrogen) atoms. The summed E-state index contributed by atoms with van der Waals surface area (Å²) in [6, 6.07) is 11.3. The predicted octanol–water partition coefficient (Wildman–Crippen LogP) is 6.92. The summed E-state index contributed by atoms with van der Waals surface area (Å²) in [6.45, 7) is 3.52. The fourth-order valence-electron chi connectivity index (χ4n) is 5.15. The van der Waals surface area contributed by atoms with Crippen LogP contribution in [0, 0.1) is 11.7 Å². The summed E-state index contributed by atoms with van der Waals surface area (Å²) in [6.07, 6.45) is 10.2. The third-order valence-corrected chi connectivity index (χ3v) is 9.38. The lowest BCUT2D eigenvalue weighted by Gasteiger charge is -2.32. The smallest absolute Gasteiger partial charge is 0.265 e. The van der Waals surface area contributed by atoms with Crippen molar-refractivity contribution < 1.29 is 17.5 Å². The number of benzene rings is 2. The standard InChI is InChI=1S/C29H31Cl2FN4O3S/c30-22-6-7-24(29-27(22)23(31)19-34-29)35-40(37,38)26-5-1-4-25(28(26)32)39-18-2-3-20-10-15-36(16-11-20)17-12-21-8-13-33-14-9-21/h1,4-9,13-14,19-20,34-35H,2-3,10-12,15-18H2. The first-order chi connectivity index (χ1) is 19.3. The molecule has 2 aromatic carbocycles. The molecule has 0 aliphatic carbocycles. The van der Waals surface area contributed by atoms with E-state index in [2.05, 4.69) is 31.7 Å². The molecule has 0 saturated carbocycles. The normalized spacial score (nSPS) is 15.0. The molecule has 0 spiro atoms. The summed E-state index contributed by atoms with van der Waals surface area (Å²) >= 11 is 12.4. The molecule has 0 radical (unpaired) electrons. The van der Waals surface area contributed by atoms with Gasteiger partial charge in [-0.05, 0) is 93.1 Å². The molecule has 11 heteroatoms. The third-order valence-electron chi connectivity index (χ3n) is 7.39. The van der Waals surface area contributed by atoms with Gasteiger partial charge in [-0.1, -0.05) is 29.3 Å². The van der Waals surface area contributed by atoms with E-state index in [1.54, 1.807) is 0 Å². The highest BCUT2D eigenvalue weighted by molar-refractivity contribution is 7.92. The van der Waals surface area contributed by atoms with Crippen LogP contribution in [0.4, 0.5) is 10.1 Å². The van der Waals surface area contributed by atoms with Crippen molar-refractivity contribution in [1.29, 1.82) is 0 Å². The molecule has 0 bridgehead atoms. The Balaban J connectivity index is 1.12. The highest BCUT2D eigenvalue weighted by Crippen LogP contribution is 2.36. The molecule has 3 heterocycles. The number of piperidine rings is 1. The minimum Gasteiger partial charge on any atom is -0.490 e. The van der Waals surface area contributed by atoms with Crippen LogP contribution in [0.5, 0.6) is 5.75 Å². The monoisotopic (exact) mass is 604 g/mol. The molecule has 5 rings (SSSR count). The van der Waals surface area contributed by atoms with Gasteiger partial charge in [0.1, 0.15) is 4.90 Å². The summed E-state index contributed by atoms with van der Waals surface area (Å²) in [7, 11) is -4.26. The number of sulfonamides is 1. The van der Waals surface area contributed by atoms with Crippen molar-refractivity contribution in [1.82, 2.24) is 14.9 Å². The van der Waals surface area contributed by atoms with Crippen LogP contribution < -0.4 is 9.46 Å². The van der Waals surface area contributed by atoms with E-state index < -0.39 is 20.7 Å². The van der Waals surface area contributed by atoms with Crippen molar-refractivity contribution in [2.24, 2.45) is 5.92 Å². The van der Waals surface area contributed by atoms with E-state index in [9.17, 15) is 8.42 Å². The number of aromatic nitrogens is 2. The van der Waals surface area contributed by atoms with E-state index in [4.69, 9.17) is 27.9 Å². The first-order valence-corrected chi connectivity index (χ1v) is 15.6. The van der Waals surface area contributed by atoms with E-state index in [0.29, 0.717) is 33.5 Å². The zero-order valence-electron chi connectivity index (χ0n) is 21.9. The van der Waals surface area contributed by atoms with Crippen molar-refractivity contribution in [3.8, 4) is 5.75 Å². The van der Waals surface area contributed by atoms with Gasteiger partial charge in [0.15, 0.2) is 11.6 Å². The van der Waals surface area contributed by atoms with E-state index in [1.807, 2.05) is 12.4 Å². The molecule has 7 nitrogen and oxygen atoms in total. The van der Waals surface area contributed by atoms with Crippen molar-refractivity contribution >= 4 is 49.8 Å². The van der Waals surface area contributed by atoms with Crippen LogP contribution in [-0.2, 0) is 16.4 Å². The number of ether oxygens (including phenoxy) is 1. The van der Waals surface area contributed by atoms with Gasteiger partial charge < -0.3 is 14.6 Å². The van der Waals surface area contributed by atoms with E-state index in [0.717, 1.165) is 51.7 Å². The number of aromatic amines is 1. The molecule has 1 saturated heterocycles. The predicted molar refractivity (Wildman–Crippen MR) is 157 cm³/mol. The van der Waals surface area contributed by atoms with Gasteiger partial charge in [0.2, 0.25) is 0 Å². The second kappa shape index (κ2) is 12.8. The van der Waals surface area contributed by atoms with Gasteiger partial charge in [-0.25, -0.2) is 12.8 Å². The molecule has 0 atom stereocenters. The number of pyridine rings is 1. The molecular weight excluding hydrogens is 574 g/mol. The fraction of sp³-hybridized carbons (Fsp3) is 0.345. The highest BCUT2D eigenvalue weighted by Gasteiger charge is 2.24. The minimum absolute atomic E-state index is 0.0852. The number of H-pyrrole nitrogens is 1. The first-order valence-electron chi connectivity index (χ1n) is 13.3. The summed E-state index contributed by atoms with van der Waals surface area (Å²) in [5.74, 6) is -0.399. The maximum absolute atomic E-state index is 15.3. The highest BCUT2D eigenvalue weighted by atomic mass is 35.5. The molecule has 1 aliphatic heterocycles. The van der Waals surface area contributed by atoms with Crippen LogP contribution in [0.15, 0.2) is 66.0 Å². The van der Waals surface area contributed by atoms with Gasteiger partial charge in [-0.3, -0.25) is 9.71 Å². The Morgan fingerprint density at radius 3 is 2.62 bits per heavy atom. The number of hydrogen-bond acceptors (Lipinski definition) is 5. The number of anilines is 1. The number of rotatable bonds is 11. The summed E-state index contributed by atoms with van der Waals surface area (Å²) in [4.78, 5) is 8.98. The largest absolute Gasteiger partial charge is 0.490 e. The number of hydrogen-bond donors (Lipinski definition) is 2. The van der Waals surface area contributed by atoms with E-state index >= 15 is 4.39 Å². The Kier molecular flexibility index (Phi) is 9.15. The molecule has 1 fully saturated rings. The third kappa shape index (κ3) is 6.71. The number of nitrogens with zero attached hydrogens (tertiary/aromatic N) is 2. The lowest BCUT2D eigenvalue weighted by Crippen LogP contribution is -2.35. The van der Waals surface area contributed by atoms with E-state index in [1.165, 1.54) is 42.1 Å². The second-order valence-electron chi connectivity index (χ2n) is 10.0. The first kappa shape index (κ1) is 28.7. The maximum Gasteiger partial charge on any atom is 0.265 e. The van der Waals surface area contributed by atoms with Crippen molar-refractivity contribution in [2.75, 3.05) is 31.0 Å². The molecule has 1 aliphatic rings. The molecule has 0 amide bonds. The molecule has 2 aromatic heterocycles. The Morgan fingerprint density at radius 2 is 1.85 bits per heavy atom. The van der Waals surface area contributed by atoms with Crippen LogP contribution in [0.3, 0.4) is 0 Å². The van der Waals surface area contributed by atoms with Crippen LogP contribution in [0.25, 0.3) is 10.9 Å². The zero-order chi connectivity index (χ0) is 28.1. The summed E-state index contributed by atoms with van der Waals surface area (Å²) < 4.78 is 49.6. The van der Waals surface area contributed by atoms with Gasteiger partial charge >= 0.3 is 0 Å². The quantitative estimate of drug-likeness (QED) is 0.181. The molecule has 0 unspecified atom stereocenters. The van der Waals surface area contributed by atoms with Gasteiger partial charge in [-0.2, -0.15) is 0 Å². The van der Waals surface area contributed by atoms with Crippen LogP contribution >= 0.6 is 23.2 Å². The number of likely N-dealkylation sites (tertiary alicyclic amines) is 1. The summed E-state index contributed by atoms with van der Waals surface area (Å²) in [5, 5.41) is 1.21. The van der Waals surface area contributed by atoms with Crippen molar-refractivity contribution in [2.45, 2.75) is 37.0 Å². The molecule has 212 valence electrons. The maximum atomic E-state index is 15.3. The van der Waals surface area contributed by atoms with Crippen molar-refractivity contribution in [3.63, 3.8) is 0 Å². The van der Waals surface area contributed by atoms with Gasteiger partial charge in [-0.15, -0.1) is 0 Å². The zero-order valence-corrected chi connectivity index (χ0v) is 24.2. The number of fused-ring (bicyclic) bond motifs is 1. The van der Waals surface area contributed by atoms with Gasteiger partial charge in [0, 0.05) is 30.5 Å². The average Bonchev–Trinajstić information content (AvgIpc) is 3.36. The second-order valence-corrected chi connectivity index (χ2v) is 12.5. The molecular formula is C29H31Cl2FN4O3S. The van der Waals surface area contributed by atoms with Crippen LogP contribution in [-0.4, -0.2) is 49.5 Å². The van der Waals surface area contributed by atoms with E-state index in [-0.39, 0.29) is 11.4 Å². The SMILES string of the molecule is O=S(=O)(Nc1ccc(Cl)c2c(Cl)c[nH]c12)c1cccc(OCCCC2CCN(CCc3ccncc3)CC2)c1F. The Hall–Kier alpha value is -2.85. The molecule has 2 N–H and O–H groups in total. The number of halogens is 3. The van der Waals surface area contributed by atoms with Gasteiger partial charge in [0.25, 0.3) is 10.0 Å². The van der Waals surface area contributed by atoms with Crippen LogP contribution in [0.1, 0.15) is 31.2 Å². The van der Waals surface area contributed by atoms with Crippen LogP contribution in [0.2, 0.25) is 10.0 Å². The lowest BCUT2D eigenvalue weighted by molar-refractivity contribution is 0.173. The molecule has 4 aromatic rings. The van der Waals surface area contributed by atoms with Gasteiger partial charge in [0.05, 0.1) is 27.9 Å². The fourth-order valence-corrected chi connectivity index (χ4v) is 6.87. The van der Waals surface area contributed by atoms with Crippen molar-refractivity contribution in [3.05, 3.63) is 82.5 Å². The Bertz CT molecular complexity index is 1560. The summed E-state index contributed by atoms with van der Waals surface area (Å²) in [5.41, 5.74) is 1.93.